The van der Waals surface area contributed by atoms with Gasteiger partial charge >= 0.3 is 5.97 Å². The Labute approximate surface area is 126 Å². The SMILES string of the molecule is CCCn1c(SCC(=O)O)nnc1-c1cc(C)ccc1O. The first kappa shape index (κ1) is 15.4. The molecule has 1 aromatic carbocycles. The van der Waals surface area contributed by atoms with Crippen LogP contribution in [0.4, 0.5) is 0 Å². The molecule has 0 atom stereocenters. The maximum Gasteiger partial charge on any atom is 0.313 e. The topological polar surface area (TPSA) is 88.2 Å². The number of phenolic OH excluding ortho intramolecular Hbond substituents is 1. The van der Waals surface area contributed by atoms with Gasteiger partial charge in [0.05, 0.1) is 11.3 Å². The van der Waals surface area contributed by atoms with Gasteiger partial charge < -0.3 is 14.8 Å². The van der Waals surface area contributed by atoms with Crippen LogP contribution in [0.25, 0.3) is 11.4 Å². The van der Waals surface area contributed by atoms with Crippen LogP contribution < -0.4 is 0 Å². The molecular formula is C14H17N3O3S. The van der Waals surface area contributed by atoms with E-state index in [-0.39, 0.29) is 11.5 Å². The number of hydrogen-bond acceptors (Lipinski definition) is 5. The molecule has 112 valence electrons. The number of aryl methyl sites for hydroxylation is 1. The number of rotatable bonds is 6. The van der Waals surface area contributed by atoms with Crippen molar-refractivity contribution < 1.29 is 15.0 Å². The molecule has 0 unspecified atom stereocenters. The van der Waals surface area contributed by atoms with Crippen LogP contribution in [0.5, 0.6) is 5.75 Å². The van der Waals surface area contributed by atoms with Crippen molar-refractivity contribution in [3.63, 3.8) is 0 Å². The van der Waals surface area contributed by atoms with Gasteiger partial charge in [0.2, 0.25) is 0 Å². The molecule has 21 heavy (non-hydrogen) atoms. The fraction of sp³-hybridized carbons (Fsp3) is 0.357. The number of nitrogens with zero attached hydrogens (tertiary/aromatic N) is 3. The van der Waals surface area contributed by atoms with E-state index in [2.05, 4.69) is 10.2 Å². The molecule has 2 N–H and O–H groups in total. The number of aromatic nitrogens is 3. The molecule has 0 amide bonds. The molecule has 6 nitrogen and oxygen atoms in total. The maximum absolute atomic E-state index is 10.7. The zero-order valence-corrected chi connectivity index (χ0v) is 12.7. The van der Waals surface area contributed by atoms with Crippen molar-refractivity contribution in [3.8, 4) is 17.1 Å². The van der Waals surface area contributed by atoms with Gasteiger partial charge in [-0.05, 0) is 25.5 Å². The molecule has 0 saturated carbocycles. The van der Waals surface area contributed by atoms with E-state index < -0.39 is 5.97 Å². The highest BCUT2D eigenvalue weighted by molar-refractivity contribution is 7.99. The van der Waals surface area contributed by atoms with Gasteiger partial charge in [0.15, 0.2) is 11.0 Å². The third-order valence-corrected chi connectivity index (χ3v) is 3.83. The predicted octanol–water partition coefficient (Wildman–Crippen LogP) is 2.55. The lowest BCUT2D eigenvalue weighted by Gasteiger charge is -2.10. The summed E-state index contributed by atoms with van der Waals surface area (Å²) < 4.78 is 1.85. The highest BCUT2D eigenvalue weighted by Crippen LogP contribution is 2.31. The summed E-state index contributed by atoms with van der Waals surface area (Å²) in [6, 6.07) is 5.29. The van der Waals surface area contributed by atoms with Crippen molar-refractivity contribution in [2.75, 3.05) is 5.75 Å². The molecular weight excluding hydrogens is 290 g/mol. The molecule has 0 aliphatic heterocycles. The van der Waals surface area contributed by atoms with Crippen LogP contribution in [0, 0.1) is 6.92 Å². The molecule has 1 heterocycles. The first-order valence-corrected chi connectivity index (χ1v) is 7.59. The summed E-state index contributed by atoms with van der Waals surface area (Å²) in [5.74, 6) is -0.265. The molecule has 0 aliphatic rings. The quantitative estimate of drug-likeness (QED) is 0.797. The predicted molar refractivity (Wildman–Crippen MR) is 80.5 cm³/mol. The van der Waals surface area contributed by atoms with E-state index in [1.54, 1.807) is 6.07 Å². The second kappa shape index (κ2) is 6.62. The van der Waals surface area contributed by atoms with Gasteiger partial charge in [-0.15, -0.1) is 10.2 Å². The molecule has 2 rings (SSSR count). The highest BCUT2D eigenvalue weighted by atomic mass is 32.2. The van der Waals surface area contributed by atoms with Crippen LogP contribution in [0.2, 0.25) is 0 Å². The lowest BCUT2D eigenvalue weighted by atomic mass is 10.1. The largest absolute Gasteiger partial charge is 0.507 e. The molecule has 1 aromatic heterocycles. The average Bonchev–Trinajstić information content (AvgIpc) is 2.82. The number of thioether (sulfide) groups is 1. The summed E-state index contributed by atoms with van der Waals surface area (Å²) in [7, 11) is 0. The fourth-order valence-corrected chi connectivity index (χ4v) is 2.66. The molecule has 0 spiro atoms. The van der Waals surface area contributed by atoms with Gasteiger partial charge in [0, 0.05) is 6.54 Å². The van der Waals surface area contributed by atoms with Crippen molar-refractivity contribution in [1.82, 2.24) is 14.8 Å². The van der Waals surface area contributed by atoms with Gasteiger partial charge in [0.1, 0.15) is 5.75 Å². The maximum atomic E-state index is 10.7. The Bertz CT molecular complexity index is 655. The number of hydrogen-bond donors (Lipinski definition) is 2. The number of aromatic hydroxyl groups is 1. The first-order chi connectivity index (χ1) is 10.0. The molecule has 0 aliphatic carbocycles. The van der Waals surface area contributed by atoms with Crippen LogP contribution in [0.3, 0.4) is 0 Å². The highest BCUT2D eigenvalue weighted by Gasteiger charge is 2.17. The lowest BCUT2D eigenvalue weighted by molar-refractivity contribution is -0.133. The summed E-state index contributed by atoms with van der Waals surface area (Å²) >= 11 is 1.13. The van der Waals surface area contributed by atoms with Crippen molar-refractivity contribution in [1.29, 1.82) is 0 Å². The standard InChI is InChI=1S/C14H17N3O3S/c1-3-6-17-13(10-7-9(2)4-5-11(10)18)15-16-14(17)21-8-12(19)20/h4-5,7,18H,3,6,8H2,1-2H3,(H,19,20). The van der Waals surface area contributed by atoms with Gasteiger partial charge in [-0.25, -0.2) is 0 Å². The van der Waals surface area contributed by atoms with E-state index in [0.29, 0.717) is 23.1 Å². The van der Waals surface area contributed by atoms with Crippen LogP contribution >= 0.6 is 11.8 Å². The second-order valence-electron chi connectivity index (χ2n) is 4.66. The van der Waals surface area contributed by atoms with E-state index in [4.69, 9.17) is 5.11 Å². The Balaban J connectivity index is 2.43. The summed E-state index contributed by atoms with van der Waals surface area (Å²) in [5, 5.41) is 27.5. The van der Waals surface area contributed by atoms with E-state index in [0.717, 1.165) is 23.7 Å². The molecule has 0 saturated heterocycles. The number of phenols is 1. The van der Waals surface area contributed by atoms with Crippen LogP contribution in [0.1, 0.15) is 18.9 Å². The Morgan fingerprint density at radius 3 is 2.81 bits per heavy atom. The van der Waals surface area contributed by atoms with E-state index in [9.17, 15) is 9.90 Å². The van der Waals surface area contributed by atoms with Crippen LogP contribution in [-0.2, 0) is 11.3 Å². The number of aliphatic carboxylic acids is 1. The van der Waals surface area contributed by atoms with Gasteiger partial charge in [-0.2, -0.15) is 0 Å². The average molecular weight is 307 g/mol. The summed E-state index contributed by atoms with van der Waals surface area (Å²) in [4.78, 5) is 10.7. The van der Waals surface area contributed by atoms with Gasteiger partial charge in [-0.1, -0.05) is 30.3 Å². The van der Waals surface area contributed by atoms with Crippen molar-refractivity contribution in [2.24, 2.45) is 0 Å². The molecule has 0 radical (unpaired) electrons. The zero-order chi connectivity index (χ0) is 15.4. The lowest BCUT2D eigenvalue weighted by Crippen LogP contribution is -2.04. The molecule has 0 bridgehead atoms. The van der Waals surface area contributed by atoms with E-state index in [1.165, 1.54) is 0 Å². The number of benzene rings is 1. The Kier molecular flexibility index (Phi) is 4.85. The third-order valence-electron chi connectivity index (χ3n) is 2.88. The second-order valence-corrected chi connectivity index (χ2v) is 5.60. The van der Waals surface area contributed by atoms with E-state index >= 15 is 0 Å². The number of carbonyl (C=O) groups is 1. The van der Waals surface area contributed by atoms with Crippen molar-refractivity contribution >= 4 is 17.7 Å². The molecule has 2 aromatic rings. The minimum Gasteiger partial charge on any atom is -0.507 e. The molecule has 0 fully saturated rings. The fourth-order valence-electron chi connectivity index (χ4n) is 1.98. The third kappa shape index (κ3) is 3.55. The Hall–Kier alpha value is -2.02. The van der Waals surface area contributed by atoms with Gasteiger partial charge in [0.25, 0.3) is 0 Å². The smallest absolute Gasteiger partial charge is 0.313 e. The summed E-state index contributed by atoms with van der Waals surface area (Å²) in [5.41, 5.74) is 1.62. The van der Waals surface area contributed by atoms with Crippen LogP contribution in [-0.4, -0.2) is 36.7 Å². The molecule has 7 heteroatoms. The Morgan fingerprint density at radius 2 is 2.14 bits per heavy atom. The summed E-state index contributed by atoms with van der Waals surface area (Å²) in [6.45, 7) is 4.62. The van der Waals surface area contributed by atoms with E-state index in [1.807, 2.05) is 30.5 Å². The number of carboxylic acid groups (broad SMARTS) is 1. The minimum absolute atomic E-state index is 0.0678. The van der Waals surface area contributed by atoms with Crippen LogP contribution in [0.15, 0.2) is 23.4 Å². The van der Waals surface area contributed by atoms with Gasteiger partial charge in [-0.3, -0.25) is 4.79 Å². The zero-order valence-electron chi connectivity index (χ0n) is 11.9. The Morgan fingerprint density at radius 1 is 1.38 bits per heavy atom. The normalized spacial score (nSPS) is 10.8. The number of carboxylic acids is 1. The monoisotopic (exact) mass is 307 g/mol. The van der Waals surface area contributed by atoms with Crippen molar-refractivity contribution in [2.45, 2.75) is 32.0 Å². The van der Waals surface area contributed by atoms with Crippen molar-refractivity contribution in [3.05, 3.63) is 23.8 Å². The summed E-state index contributed by atoms with van der Waals surface area (Å²) in [6.07, 6.45) is 0.859. The first-order valence-electron chi connectivity index (χ1n) is 6.60. The minimum atomic E-state index is -0.897.